The van der Waals surface area contributed by atoms with Crippen molar-refractivity contribution in [1.29, 1.82) is 0 Å². The number of benzene rings is 2. The average Bonchev–Trinajstić information content (AvgIpc) is 2.72. The molecule has 1 unspecified atom stereocenters. The third-order valence-corrected chi connectivity index (χ3v) is 4.96. The molecule has 3 rings (SSSR count). The molecule has 0 heterocycles. The SMILES string of the molecule is C=C(C)C1CC=C(C)C(=NNC(=O)c2ccccc2OCc2ccccc2)C1. The van der Waals surface area contributed by atoms with Gasteiger partial charge >= 0.3 is 0 Å². The Bertz CT molecular complexity index is 913. The van der Waals surface area contributed by atoms with E-state index in [2.05, 4.69) is 23.2 Å². The third kappa shape index (κ3) is 4.97. The van der Waals surface area contributed by atoms with Crippen molar-refractivity contribution in [1.82, 2.24) is 5.43 Å². The van der Waals surface area contributed by atoms with Crippen LogP contribution < -0.4 is 10.2 Å². The molecule has 1 atom stereocenters. The smallest absolute Gasteiger partial charge is 0.275 e. The van der Waals surface area contributed by atoms with Crippen LogP contribution in [-0.4, -0.2) is 11.6 Å². The zero-order valence-electron chi connectivity index (χ0n) is 16.4. The minimum Gasteiger partial charge on any atom is -0.488 e. The summed E-state index contributed by atoms with van der Waals surface area (Å²) in [4.78, 5) is 12.7. The van der Waals surface area contributed by atoms with E-state index in [0.29, 0.717) is 23.8 Å². The molecule has 0 aromatic heterocycles. The van der Waals surface area contributed by atoms with Crippen LogP contribution in [0.25, 0.3) is 0 Å². The Hall–Kier alpha value is -3.14. The van der Waals surface area contributed by atoms with Crippen molar-refractivity contribution in [2.24, 2.45) is 11.0 Å². The van der Waals surface area contributed by atoms with Gasteiger partial charge in [0.05, 0.1) is 11.3 Å². The second-order valence-electron chi connectivity index (χ2n) is 7.14. The van der Waals surface area contributed by atoms with Crippen molar-refractivity contribution in [2.45, 2.75) is 33.3 Å². The lowest BCUT2D eigenvalue weighted by Crippen LogP contribution is -2.23. The summed E-state index contributed by atoms with van der Waals surface area (Å²) < 4.78 is 5.87. The van der Waals surface area contributed by atoms with Gasteiger partial charge in [0.15, 0.2) is 0 Å². The first-order valence-corrected chi connectivity index (χ1v) is 9.49. The van der Waals surface area contributed by atoms with Crippen LogP contribution in [0.1, 0.15) is 42.6 Å². The van der Waals surface area contributed by atoms with Gasteiger partial charge in [0, 0.05) is 0 Å². The van der Waals surface area contributed by atoms with Crippen molar-refractivity contribution in [2.75, 3.05) is 0 Å². The van der Waals surface area contributed by atoms with E-state index >= 15 is 0 Å². The quantitative estimate of drug-likeness (QED) is 0.552. The minimum absolute atomic E-state index is 0.276. The maximum absolute atomic E-state index is 12.7. The number of hydrogen-bond acceptors (Lipinski definition) is 3. The fourth-order valence-electron chi connectivity index (χ4n) is 3.12. The fourth-order valence-corrected chi connectivity index (χ4v) is 3.12. The van der Waals surface area contributed by atoms with Crippen molar-refractivity contribution < 1.29 is 9.53 Å². The van der Waals surface area contributed by atoms with Gasteiger partial charge in [-0.25, -0.2) is 5.43 Å². The molecule has 28 heavy (non-hydrogen) atoms. The van der Waals surface area contributed by atoms with Crippen molar-refractivity contribution >= 4 is 11.6 Å². The Morgan fingerprint density at radius 2 is 1.89 bits per heavy atom. The summed E-state index contributed by atoms with van der Waals surface area (Å²) in [6.07, 6.45) is 3.93. The summed E-state index contributed by atoms with van der Waals surface area (Å²) in [5.41, 5.74) is 7.36. The first-order chi connectivity index (χ1) is 13.5. The summed E-state index contributed by atoms with van der Waals surface area (Å²) in [5, 5.41) is 4.38. The van der Waals surface area contributed by atoms with Crippen LogP contribution in [-0.2, 0) is 6.61 Å². The number of nitrogens with one attached hydrogen (secondary N) is 1. The van der Waals surface area contributed by atoms with E-state index in [4.69, 9.17) is 4.74 Å². The standard InChI is InChI=1S/C24H26N2O2/c1-17(2)20-14-13-18(3)22(15-20)25-26-24(27)21-11-7-8-12-23(21)28-16-19-9-5-4-6-10-19/h4-13,20H,1,14-16H2,2-3H3,(H,26,27). The van der Waals surface area contributed by atoms with Gasteiger partial charge in [-0.15, -0.1) is 0 Å². The van der Waals surface area contributed by atoms with Gasteiger partial charge < -0.3 is 4.74 Å². The van der Waals surface area contributed by atoms with Gasteiger partial charge in [0.25, 0.3) is 5.91 Å². The van der Waals surface area contributed by atoms with Crippen LogP contribution in [0.4, 0.5) is 0 Å². The number of para-hydroxylation sites is 1. The van der Waals surface area contributed by atoms with Gasteiger partial charge in [0.2, 0.25) is 0 Å². The predicted octanol–water partition coefficient (Wildman–Crippen LogP) is 5.28. The second-order valence-corrected chi connectivity index (χ2v) is 7.14. The van der Waals surface area contributed by atoms with Crippen LogP contribution in [0.3, 0.4) is 0 Å². The van der Waals surface area contributed by atoms with Gasteiger partial charge in [-0.05, 0) is 55.9 Å². The van der Waals surface area contributed by atoms with E-state index in [1.165, 1.54) is 0 Å². The normalized spacial score (nSPS) is 17.7. The molecule has 2 aromatic carbocycles. The summed E-state index contributed by atoms with van der Waals surface area (Å²) in [6.45, 7) is 8.52. The number of hydrazone groups is 1. The third-order valence-electron chi connectivity index (χ3n) is 4.96. The molecule has 0 saturated carbocycles. The topological polar surface area (TPSA) is 50.7 Å². The molecule has 4 heteroatoms. The first-order valence-electron chi connectivity index (χ1n) is 9.49. The Labute approximate surface area is 166 Å². The summed E-state index contributed by atoms with van der Waals surface area (Å²) >= 11 is 0. The number of allylic oxidation sites excluding steroid dienone is 3. The van der Waals surface area contributed by atoms with E-state index in [-0.39, 0.29) is 5.91 Å². The van der Waals surface area contributed by atoms with E-state index in [1.807, 2.05) is 56.3 Å². The van der Waals surface area contributed by atoms with Crippen molar-refractivity contribution in [3.63, 3.8) is 0 Å². The van der Waals surface area contributed by atoms with Gasteiger partial charge in [-0.1, -0.05) is 60.7 Å². The number of amides is 1. The van der Waals surface area contributed by atoms with Crippen LogP contribution in [0, 0.1) is 5.92 Å². The lowest BCUT2D eigenvalue weighted by atomic mass is 9.85. The molecule has 0 radical (unpaired) electrons. The summed E-state index contributed by atoms with van der Waals surface area (Å²) in [6, 6.07) is 17.1. The van der Waals surface area contributed by atoms with E-state index < -0.39 is 0 Å². The highest BCUT2D eigenvalue weighted by Crippen LogP contribution is 2.26. The number of rotatable bonds is 6. The van der Waals surface area contributed by atoms with Crippen LogP contribution in [0.2, 0.25) is 0 Å². The molecule has 0 fully saturated rings. The summed E-state index contributed by atoms with van der Waals surface area (Å²) in [7, 11) is 0. The molecule has 0 aliphatic heterocycles. The van der Waals surface area contributed by atoms with Gasteiger partial charge in [-0.3, -0.25) is 4.79 Å². The molecule has 4 nitrogen and oxygen atoms in total. The fraction of sp³-hybridized carbons (Fsp3) is 0.250. The molecule has 2 aromatic rings. The van der Waals surface area contributed by atoms with Crippen LogP contribution in [0.15, 0.2) is 83.5 Å². The molecule has 0 saturated heterocycles. The highest BCUT2D eigenvalue weighted by Gasteiger charge is 2.19. The maximum atomic E-state index is 12.7. The molecule has 144 valence electrons. The zero-order valence-corrected chi connectivity index (χ0v) is 16.4. The number of carbonyl (C=O) groups is 1. The van der Waals surface area contributed by atoms with E-state index in [0.717, 1.165) is 35.3 Å². The van der Waals surface area contributed by atoms with E-state index in [9.17, 15) is 4.79 Å². The lowest BCUT2D eigenvalue weighted by molar-refractivity contribution is 0.0950. The predicted molar refractivity (Wildman–Crippen MR) is 113 cm³/mol. The first kappa shape index (κ1) is 19.6. The largest absolute Gasteiger partial charge is 0.488 e. The van der Waals surface area contributed by atoms with Crippen LogP contribution in [0.5, 0.6) is 5.75 Å². The van der Waals surface area contributed by atoms with Crippen molar-refractivity contribution in [3.8, 4) is 5.75 Å². The highest BCUT2D eigenvalue weighted by molar-refractivity contribution is 6.03. The van der Waals surface area contributed by atoms with E-state index in [1.54, 1.807) is 12.1 Å². The molecular weight excluding hydrogens is 348 g/mol. The molecular formula is C24H26N2O2. The Morgan fingerprint density at radius 3 is 2.64 bits per heavy atom. The molecule has 1 amide bonds. The molecule has 0 bridgehead atoms. The number of carbonyl (C=O) groups excluding carboxylic acids is 1. The Morgan fingerprint density at radius 1 is 1.18 bits per heavy atom. The summed E-state index contributed by atoms with van der Waals surface area (Å²) in [5.74, 6) is 0.641. The Balaban J connectivity index is 1.70. The van der Waals surface area contributed by atoms with Crippen molar-refractivity contribution in [3.05, 3.63) is 89.5 Å². The van der Waals surface area contributed by atoms with Gasteiger partial charge in [-0.2, -0.15) is 5.10 Å². The monoisotopic (exact) mass is 374 g/mol. The molecule has 1 aliphatic carbocycles. The zero-order chi connectivity index (χ0) is 19.9. The average molecular weight is 374 g/mol. The Kier molecular flexibility index (Phi) is 6.43. The minimum atomic E-state index is -0.276. The number of hydrogen-bond donors (Lipinski definition) is 1. The molecule has 0 spiro atoms. The lowest BCUT2D eigenvalue weighted by Gasteiger charge is -2.22. The second kappa shape index (κ2) is 9.18. The maximum Gasteiger partial charge on any atom is 0.275 e. The highest BCUT2D eigenvalue weighted by atomic mass is 16.5. The molecule has 1 aliphatic rings. The van der Waals surface area contributed by atoms with Crippen LogP contribution >= 0.6 is 0 Å². The number of nitrogens with zero attached hydrogens (tertiary/aromatic N) is 1. The number of ether oxygens (including phenoxy) is 1. The molecule has 1 N–H and O–H groups in total. The van der Waals surface area contributed by atoms with Gasteiger partial charge in [0.1, 0.15) is 12.4 Å².